The van der Waals surface area contributed by atoms with Crippen molar-refractivity contribution >= 4 is 0 Å². The topological polar surface area (TPSA) is 40.5 Å². The van der Waals surface area contributed by atoms with Crippen molar-refractivity contribution in [3.8, 4) is 5.75 Å². The lowest BCUT2D eigenvalue weighted by Crippen LogP contribution is -2.21. The number of aliphatic hydroxyl groups is 1. The average molecular weight is 194 g/mol. The van der Waals surface area contributed by atoms with Crippen molar-refractivity contribution in [3.63, 3.8) is 0 Å². The van der Waals surface area contributed by atoms with Crippen LogP contribution in [-0.2, 0) is 12.0 Å². The van der Waals surface area contributed by atoms with Crippen molar-refractivity contribution in [1.29, 1.82) is 0 Å². The lowest BCUT2D eigenvalue weighted by Gasteiger charge is -2.24. The SMILES string of the molecule is CCc1cc(O)ccc1C(C)(O)CC. The van der Waals surface area contributed by atoms with Gasteiger partial charge in [0.25, 0.3) is 0 Å². The van der Waals surface area contributed by atoms with E-state index in [0.29, 0.717) is 6.42 Å². The summed E-state index contributed by atoms with van der Waals surface area (Å²) in [6.07, 6.45) is 1.49. The first kappa shape index (κ1) is 11.1. The second-order valence-corrected chi connectivity index (χ2v) is 3.82. The van der Waals surface area contributed by atoms with E-state index in [9.17, 15) is 10.2 Å². The molecule has 1 aromatic carbocycles. The van der Waals surface area contributed by atoms with E-state index >= 15 is 0 Å². The molecule has 78 valence electrons. The Morgan fingerprint density at radius 3 is 2.43 bits per heavy atom. The standard InChI is InChI=1S/C12H18O2/c1-4-9-8-10(13)6-7-11(9)12(3,14)5-2/h6-8,13-14H,4-5H2,1-3H3. The molecule has 0 saturated heterocycles. The normalized spacial score (nSPS) is 15.1. The summed E-state index contributed by atoms with van der Waals surface area (Å²) in [6.45, 7) is 5.77. The Bertz CT molecular complexity index is 316. The van der Waals surface area contributed by atoms with Crippen LogP contribution in [0.25, 0.3) is 0 Å². The summed E-state index contributed by atoms with van der Waals surface area (Å²) in [5, 5.41) is 19.4. The van der Waals surface area contributed by atoms with Crippen LogP contribution in [0.2, 0.25) is 0 Å². The Morgan fingerprint density at radius 1 is 1.29 bits per heavy atom. The number of benzene rings is 1. The molecule has 1 atom stereocenters. The van der Waals surface area contributed by atoms with Gasteiger partial charge in [-0.3, -0.25) is 0 Å². The fourth-order valence-electron chi connectivity index (χ4n) is 1.59. The smallest absolute Gasteiger partial charge is 0.115 e. The van der Waals surface area contributed by atoms with Gasteiger partial charge in [0.15, 0.2) is 0 Å². The van der Waals surface area contributed by atoms with E-state index in [1.54, 1.807) is 25.1 Å². The van der Waals surface area contributed by atoms with Crippen LogP contribution in [0.4, 0.5) is 0 Å². The Morgan fingerprint density at radius 2 is 1.93 bits per heavy atom. The highest BCUT2D eigenvalue weighted by Gasteiger charge is 2.23. The summed E-state index contributed by atoms with van der Waals surface area (Å²) < 4.78 is 0. The van der Waals surface area contributed by atoms with Gasteiger partial charge in [0, 0.05) is 0 Å². The first-order valence-electron chi connectivity index (χ1n) is 5.06. The first-order valence-corrected chi connectivity index (χ1v) is 5.06. The third kappa shape index (κ3) is 2.07. The van der Waals surface area contributed by atoms with Crippen LogP contribution in [0.5, 0.6) is 5.75 Å². The number of hydrogen-bond acceptors (Lipinski definition) is 2. The Hall–Kier alpha value is -1.02. The second-order valence-electron chi connectivity index (χ2n) is 3.82. The quantitative estimate of drug-likeness (QED) is 0.776. The highest BCUT2D eigenvalue weighted by molar-refractivity contribution is 5.38. The van der Waals surface area contributed by atoms with Gasteiger partial charge in [-0.1, -0.05) is 19.9 Å². The van der Waals surface area contributed by atoms with Crippen LogP contribution in [0, 0.1) is 0 Å². The Balaban J connectivity index is 3.20. The molecule has 0 bridgehead atoms. The van der Waals surface area contributed by atoms with Crippen molar-refractivity contribution in [1.82, 2.24) is 0 Å². The Kier molecular flexibility index (Phi) is 3.17. The molecule has 0 spiro atoms. The molecule has 2 heteroatoms. The minimum atomic E-state index is -0.793. The second kappa shape index (κ2) is 4.01. The first-order chi connectivity index (χ1) is 6.51. The predicted octanol–water partition coefficient (Wildman–Crippen LogP) is 2.57. The lowest BCUT2D eigenvalue weighted by atomic mass is 9.88. The van der Waals surface area contributed by atoms with Gasteiger partial charge in [0.2, 0.25) is 0 Å². The third-order valence-corrected chi connectivity index (χ3v) is 2.74. The lowest BCUT2D eigenvalue weighted by molar-refractivity contribution is 0.0522. The van der Waals surface area contributed by atoms with Crippen molar-refractivity contribution in [2.45, 2.75) is 39.2 Å². The fourth-order valence-corrected chi connectivity index (χ4v) is 1.59. The molecule has 0 aliphatic heterocycles. The molecular weight excluding hydrogens is 176 g/mol. The van der Waals surface area contributed by atoms with E-state index in [0.717, 1.165) is 17.5 Å². The summed E-state index contributed by atoms with van der Waals surface area (Å²) in [6, 6.07) is 5.15. The molecule has 2 N–H and O–H groups in total. The molecule has 0 aliphatic rings. The van der Waals surface area contributed by atoms with Crippen LogP contribution in [0.15, 0.2) is 18.2 Å². The molecule has 0 radical (unpaired) electrons. The van der Waals surface area contributed by atoms with E-state index in [2.05, 4.69) is 0 Å². The van der Waals surface area contributed by atoms with Gasteiger partial charge in [0.1, 0.15) is 5.75 Å². The van der Waals surface area contributed by atoms with Crippen LogP contribution in [0.1, 0.15) is 38.3 Å². The largest absolute Gasteiger partial charge is 0.508 e. The minimum Gasteiger partial charge on any atom is -0.508 e. The highest BCUT2D eigenvalue weighted by Crippen LogP contribution is 2.29. The molecule has 1 unspecified atom stereocenters. The molecule has 0 saturated carbocycles. The molecule has 0 aromatic heterocycles. The van der Waals surface area contributed by atoms with Crippen molar-refractivity contribution in [3.05, 3.63) is 29.3 Å². The minimum absolute atomic E-state index is 0.262. The zero-order valence-electron chi connectivity index (χ0n) is 9.04. The molecule has 1 rings (SSSR count). The molecular formula is C12H18O2. The van der Waals surface area contributed by atoms with Gasteiger partial charge < -0.3 is 10.2 Å². The van der Waals surface area contributed by atoms with Crippen LogP contribution >= 0.6 is 0 Å². The van der Waals surface area contributed by atoms with Gasteiger partial charge in [-0.05, 0) is 43.0 Å². The van der Waals surface area contributed by atoms with E-state index in [1.807, 2.05) is 13.8 Å². The summed E-state index contributed by atoms with van der Waals surface area (Å²) in [5.74, 6) is 0.262. The molecule has 2 nitrogen and oxygen atoms in total. The van der Waals surface area contributed by atoms with Crippen LogP contribution in [0.3, 0.4) is 0 Å². The van der Waals surface area contributed by atoms with Gasteiger partial charge >= 0.3 is 0 Å². The summed E-state index contributed by atoms with van der Waals surface area (Å²) >= 11 is 0. The number of aromatic hydroxyl groups is 1. The zero-order chi connectivity index (χ0) is 10.8. The average Bonchev–Trinajstić information content (AvgIpc) is 2.17. The van der Waals surface area contributed by atoms with E-state index in [-0.39, 0.29) is 5.75 Å². The monoisotopic (exact) mass is 194 g/mol. The number of rotatable bonds is 3. The molecule has 0 aliphatic carbocycles. The van der Waals surface area contributed by atoms with Crippen molar-refractivity contribution < 1.29 is 10.2 Å². The maximum Gasteiger partial charge on any atom is 0.115 e. The van der Waals surface area contributed by atoms with E-state index in [1.165, 1.54) is 0 Å². The number of aryl methyl sites for hydroxylation is 1. The van der Waals surface area contributed by atoms with Gasteiger partial charge in [0.05, 0.1) is 5.60 Å². The molecule has 14 heavy (non-hydrogen) atoms. The third-order valence-electron chi connectivity index (χ3n) is 2.74. The van der Waals surface area contributed by atoms with Crippen molar-refractivity contribution in [2.75, 3.05) is 0 Å². The predicted molar refractivity (Wildman–Crippen MR) is 57.3 cm³/mol. The molecule has 0 heterocycles. The number of phenols is 1. The van der Waals surface area contributed by atoms with Crippen LogP contribution in [-0.4, -0.2) is 10.2 Å². The molecule has 0 fully saturated rings. The van der Waals surface area contributed by atoms with E-state index in [4.69, 9.17) is 0 Å². The van der Waals surface area contributed by atoms with Gasteiger partial charge in [-0.15, -0.1) is 0 Å². The van der Waals surface area contributed by atoms with Gasteiger partial charge in [-0.25, -0.2) is 0 Å². The maximum atomic E-state index is 10.1. The summed E-state index contributed by atoms with van der Waals surface area (Å²) in [5.41, 5.74) is 1.14. The number of phenolic OH excluding ortho intramolecular Hbond substituents is 1. The zero-order valence-corrected chi connectivity index (χ0v) is 9.04. The van der Waals surface area contributed by atoms with Gasteiger partial charge in [-0.2, -0.15) is 0 Å². The van der Waals surface area contributed by atoms with Crippen LogP contribution < -0.4 is 0 Å². The van der Waals surface area contributed by atoms with Crippen molar-refractivity contribution in [2.24, 2.45) is 0 Å². The molecule has 1 aromatic rings. The maximum absolute atomic E-state index is 10.1. The Labute approximate surface area is 85.2 Å². The summed E-state index contributed by atoms with van der Waals surface area (Å²) in [7, 11) is 0. The number of hydrogen-bond donors (Lipinski definition) is 2. The fraction of sp³-hybridized carbons (Fsp3) is 0.500. The van der Waals surface area contributed by atoms with E-state index < -0.39 is 5.60 Å². The highest BCUT2D eigenvalue weighted by atomic mass is 16.3. The molecule has 0 amide bonds. The summed E-state index contributed by atoms with van der Waals surface area (Å²) in [4.78, 5) is 0.